The number of halogens is 1. The Morgan fingerprint density at radius 3 is 2.53 bits per heavy atom. The van der Waals surface area contributed by atoms with Gasteiger partial charge in [0.2, 0.25) is 10.0 Å². The fraction of sp³-hybridized carbons (Fsp3) is 0.364. The average molecular weight is 494 g/mol. The van der Waals surface area contributed by atoms with E-state index >= 15 is 0 Å². The van der Waals surface area contributed by atoms with Crippen LogP contribution in [0.15, 0.2) is 47.4 Å². The highest BCUT2D eigenvalue weighted by molar-refractivity contribution is 7.89. The summed E-state index contributed by atoms with van der Waals surface area (Å²) in [4.78, 5) is 24.3. The molecule has 1 atom stereocenters. The summed E-state index contributed by atoms with van der Waals surface area (Å²) in [6.07, 6.45) is -0.535. The predicted octanol–water partition coefficient (Wildman–Crippen LogP) is 0.767. The summed E-state index contributed by atoms with van der Waals surface area (Å²) in [7, 11) is -3.98. The molecule has 1 fully saturated rings. The van der Waals surface area contributed by atoms with Gasteiger partial charge in [0.05, 0.1) is 18.0 Å². The smallest absolute Gasteiger partial charge is 0.309 e. The van der Waals surface area contributed by atoms with Crippen molar-refractivity contribution < 1.29 is 36.6 Å². The van der Waals surface area contributed by atoms with Crippen LogP contribution < -0.4 is 20.1 Å². The monoisotopic (exact) mass is 493 g/mol. The summed E-state index contributed by atoms with van der Waals surface area (Å²) in [5, 5.41) is 4.72. The van der Waals surface area contributed by atoms with E-state index in [1.807, 2.05) is 0 Å². The molecule has 2 aliphatic heterocycles. The van der Waals surface area contributed by atoms with Gasteiger partial charge in [-0.1, -0.05) is 18.2 Å². The van der Waals surface area contributed by atoms with Crippen molar-refractivity contribution in [1.82, 2.24) is 14.9 Å². The van der Waals surface area contributed by atoms with Crippen molar-refractivity contribution in [1.29, 1.82) is 0 Å². The Morgan fingerprint density at radius 2 is 1.74 bits per heavy atom. The Hall–Kier alpha value is -3.22. The molecule has 0 spiro atoms. The van der Waals surface area contributed by atoms with E-state index in [1.54, 1.807) is 6.07 Å². The molecule has 1 unspecified atom stereocenters. The van der Waals surface area contributed by atoms with E-state index in [9.17, 15) is 22.4 Å². The Kier molecular flexibility index (Phi) is 7.29. The highest BCUT2D eigenvalue weighted by atomic mass is 32.2. The maximum atomic E-state index is 13.7. The molecule has 2 N–H and O–H groups in total. The van der Waals surface area contributed by atoms with Crippen LogP contribution in [0.5, 0.6) is 11.5 Å². The number of fused-ring (bicyclic) bond motifs is 1. The molecule has 182 valence electrons. The number of hydrogen-bond donors (Lipinski definition) is 2. The first-order valence-corrected chi connectivity index (χ1v) is 12.1. The number of nitrogens with one attached hydrogen (secondary N) is 2. The van der Waals surface area contributed by atoms with E-state index in [0.29, 0.717) is 37.7 Å². The van der Waals surface area contributed by atoms with Crippen LogP contribution in [0.1, 0.15) is 12.0 Å². The molecule has 2 amide bonds. The number of benzene rings is 2. The fourth-order valence-electron chi connectivity index (χ4n) is 3.58. The molecule has 1 saturated heterocycles. The van der Waals surface area contributed by atoms with Crippen LogP contribution in [0.2, 0.25) is 0 Å². The number of carbonyl (C=O) groups excluding carboxylic acids is 2. The molecule has 0 bridgehead atoms. The van der Waals surface area contributed by atoms with Crippen molar-refractivity contribution in [2.24, 2.45) is 0 Å². The van der Waals surface area contributed by atoms with Crippen molar-refractivity contribution in [3.8, 4) is 11.5 Å². The van der Waals surface area contributed by atoms with Crippen molar-refractivity contribution >= 4 is 21.8 Å². The van der Waals surface area contributed by atoms with Crippen LogP contribution in [0.25, 0.3) is 0 Å². The van der Waals surface area contributed by atoms with Crippen LogP contribution in [-0.4, -0.2) is 63.7 Å². The molecule has 0 saturated carbocycles. The minimum absolute atomic E-state index is 0.00112. The second-order valence-electron chi connectivity index (χ2n) is 7.58. The van der Waals surface area contributed by atoms with Gasteiger partial charge in [0.15, 0.2) is 11.5 Å². The quantitative estimate of drug-likeness (QED) is 0.570. The molecule has 12 heteroatoms. The Balaban J connectivity index is 1.38. The summed E-state index contributed by atoms with van der Waals surface area (Å²) in [5.74, 6) is -1.66. The number of nitrogens with zero attached hydrogens (tertiary/aromatic N) is 1. The number of amides is 2. The maximum Gasteiger partial charge on any atom is 0.309 e. The molecular weight excluding hydrogens is 469 g/mol. The van der Waals surface area contributed by atoms with Gasteiger partial charge in [-0.15, -0.1) is 0 Å². The summed E-state index contributed by atoms with van der Waals surface area (Å²) in [5.41, 5.74) is 0.232. The highest BCUT2D eigenvalue weighted by Crippen LogP contribution is 2.34. The molecule has 2 aliphatic rings. The molecule has 0 aromatic heterocycles. The van der Waals surface area contributed by atoms with Gasteiger partial charge < -0.3 is 24.8 Å². The first-order valence-electron chi connectivity index (χ1n) is 10.7. The standard InChI is InChI=1S/C22H24FN3O7S/c23-17-5-2-1-4-15(17)13-24-21(27)22(28)25-14-20-26(8-3-9-33-20)34(29,30)16-6-7-18-19(12-16)32-11-10-31-18/h1-2,4-7,12,20H,3,8-11,13-14H2,(H,24,27)(H,25,28). The van der Waals surface area contributed by atoms with E-state index < -0.39 is 33.9 Å². The number of hydrogen-bond acceptors (Lipinski definition) is 7. The van der Waals surface area contributed by atoms with Crippen molar-refractivity contribution in [3.63, 3.8) is 0 Å². The first kappa shape index (κ1) is 23.9. The molecule has 10 nitrogen and oxygen atoms in total. The van der Waals surface area contributed by atoms with Gasteiger partial charge >= 0.3 is 11.8 Å². The predicted molar refractivity (Wildman–Crippen MR) is 117 cm³/mol. The lowest BCUT2D eigenvalue weighted by Gasteiger charge is -2.34. The average Bonchev–Trinajstić information content (AvgIpc) is 2.86. The van der Waals surface area contributed by atoms with E-state index in [-0.39, 0.29) is 30.1 Å². The van der Waals surface area contributed by atoms with Crippen LogP contribution in [0, 0.1) is 5.82 Å². The Labute approximate surface area is 196 Å². The highest BCUT2D eigenvalue weighted by Gasteiger charge is 2.35. The number of carbonyl (C=O) groups is 2. The molecule has 2 aromatic carbocycles. The van der Waals surface area contributed by atoms with Gasteiger partial charge in [0, 0.05) is 24.7 Å². The zero-order valence-electron chi connectivity index (χ0n) is 18.2. The van der Waals surface area contributed by atoms with Crippen LogP contribution in [0.3, 0.4) is 0 Å². The van der Waals surface area contributed by atoms with Gasteiger partial charge in [-0.2, -0.15) is 4.31 Å². The lowest BCUT2D eigenvalue weighted by atomic mass is 10.2. The second kappa shape index (κ2) is 10.4. The fourth-order valence-corrected chi connectivity index (χ4v) is 5.16. The minimum Gasteiger partial charge on any atom is -0.486 e. The molecule has 2 heterocycles. The lowest BCUT2D eigenvalue weighted by molar-refractivity contribution is -0.140. The summed E-state index contributed by atoms with van der Waals surface area (Å²) in [6, 6.07) is 10.2. The topological polar surface area (TPSA) is 123 Å². The third-order valence-corrected chi connectivity index (χ3v) is 7.20. The molecule has 0 radical (unpaired) electrons. The zero-order valence-corrected chi connectivity index (χ0v) is 19.0. The van der Waals surface area contributed by atoms with Crippen LogP contribution >= 0.6 is 0 Å². The van der Waals surface area contributed by atoms with Crippen LogP contribution in [0.4, 0.5) is 4.39 Å². The Bertz CT molecular complexity index is 1170. The van der Waals surface area contributed by atoms with Crippen molar-refractivity contribution in [3.05, 3.63) is 53.8 Å². The summed E-state index contributed by atoms with van der Waals surface area (Å²) in [6.45, 7) is 0.773. The second-order valence-corrected chi connectivity index (χ2v) is 9.47. The molecule has 34 heavy (non-hydrogen) atoms. The van der Waals surface area contributed by atoms with Crippen LogP contribution in [-0.2, 0) is 30.9 Å². The Morgan fingerprint density at radius 1 is 1.00 bits per heavy atom. The molecule has 0 aliphatic carbocycles. The number of rotatable bonds is 6. The lowest BCUT2D eigenvalue weighted by Crippen LogP contribution is -2.53. The van der Waals surface area contributed by atoms with Gasteiger partial charge in [-0.25, -0.2) is 12.8 Å². The van der Waals surface area contributed by atoms with Gasteiger partial charge in [0.1, 0.15) is 25.3 Å². The molecule has 2 aromatic rings. The third kappa shape index (κ3) is 5.29. The van der Waals surface area contributed by atoms with Crippen molar-refractivity contribution in [2.45, 2.75) is 24.1 Å². The molecular formula is C22H24FN3O7S. The third-order valence-electron chi connectivity index (χ3n) is 5.32. The van der Waals surface area contributed by atoms with E-state index in [2.05, 4.69) is 10.6 Å². The summed E-state index contributed by atoms with van der Waals surface area (Å²) < 4.78 is 57.9. The minimum atomic E-state index is -3.98. The number of sulfonamides is 1. The van der Waals surface area contributed by atoms with Crippen molar-refractivity contribution in [2.75, 3.05) is 32.9 Å². The van der Waals surface area contributed by atoms with E-state index in [4.69, 9.17) is 14.2 Å². The van der Waals surface area contributed by atoms with E-state index in [0.717, 1.165) is 4.31 Å². The van der Waals surface area contributed by atoms with Gasteiger partial charge in [0.25, 0.3) is 0 Å². The van der Waals surface area contributed by atoms with Gasteiger partial charge in [-0.05, 0) is 24.6 Å². The first-order chi connectivity index (χ1) is 16.4. The number of ether oxygens (including phenoxy) is 3. The molecule has 4 rings (SSSR count). The van der Waals surface area contributed by atoms with Gasteiger partial charge in [-0.3, -0.25) is 9.59 Å². The SMILES string of the molecule is O=C(NCc1ccccc1F)C(=O)NCC1OCCCN1S(=O)(=O)c1ccc2c(c1)OCCO2. The van der Waals surface area contributed by atoms with E-state index in [1.165, 1.54) is 36.4 Å². The maximum absolute atomic E-state index is 13.7. The normalized spacial score (nSPS) is 18.2. The zero-order chi connectivity index (χ0) is 24.1. The largest absolute Gasteiger partial charge is 0.486 e. The summed E-state index contributed by atoms with van der Waals surface area (Å²) >= 11 is 0.